The van der Waals surface area contributed by atoms with Crippen LogP contribution >= 0.6 is 0 Å². The molecule has 1 aliphatic heterocycles. The second kappa shape index (κ2) is 5.64. The molecule has 1 aromatic rings. The Morgan fingerprint density at radius 2 is 2.25 bits per heavy atom. The van der Waals surface area contributed by atoms with E-state index in [1.165, 1.54) is 0 Å². The Hall–Kier alpha value is -1.85. The topological polar surface area (TPSA) is 70.2 Å². The fourth-order valence-electron chi connectivity index (χ4n) is 2.73. The Bertz CT molecular complexity index is 504. The molecule has 1 atom stereocenters. The van der Waals surface area contributed by atoms with Crippen LogP contribution in [-0.4, -0.2) is 42.6 Å². The Labute approximate surface area is 120 Å². The molecule has 20 heavy (non-hydrogen) atoms. The number of amides is 1. The first-order valence-electron chi connectivity index (χ1n) is 7.04. The molecule has 1 aliphatic rings. The summed E-state index contributed by atoms with van der Waals surface area (Å²) in [5.74, 6) is 1.88. The molecule has 1 aromatic heterocycles. The third-order valence-electron chi connectivity index (χ3n) is 3.95. The van der Waals surface area contributed by atoms with Crippen LogP contribution in [0.5, 0.6) is 0 Å². The first-order chi connectivity index (χ1) is 9.51. The highest BCUT2D eigenvalue weighted by atomic mass is 16.2. The van der Waals surface area contributed by atoms with Crippen molar-refractivity contribution in [3.8, 4) is 0 Å². The molecule has 6 heteroatoms. The number of anilines is 2. The number of nitrogens with one attached hydrogen (secondary N) is 2. The van der Waals surface area contributed by atoms with Crippen LogP contribution in [-0.2, 0) is 4.79 Å². The standard InChI is InChI=1S/C14H23N5O/c1-5-16-11-10(2)12(18-9-17-11)19-7-6-14(3,8-19)13(20)15-4/h9H,5-8H2,1-4H3,(H,15,20)(H,16,17,18). The van der Waals surface area contributed by atoms with Crippen molar-refractivity contribution in [2.75, 3.05) is 36.9 Å². The SMILES string of the molecule is CCNc1ncnc(N2CCC(C)(C(=O)NC)C2)c1C. The molecular formula is C14H23N5O. The van der Waals surface area contributed by atoms with Gasteiger partial charge in [0.2, 0.25) is 5.91 Å². The summed E-state index contributed by atoms with van der Waals surface area (Å²) >= 11 is 0. The molecule has 0 spiro atoms. The van der Waals surface area contributed by atoms with Gasteiger partial charge in [0, 0.05) is 32.2 Å². The summed E-state index contributed by atoms with van der Waals surface area (Å²) in [6.07, 6.45) is 2.42. The van der Waals surface area contributed by atoms with Crippen molar-refractivity contribution in [3.05, 3.63) is 11.9 Å². The van der Waals surface area contributed by atoms with E-state index >= 15 is 0 Å². The Morgan fingerprint density at radius 1 is 1.50 bits per heavy atom. The largest absolute Gasteiger partial charge is 0.370 e. The van der Waals surface area contributed by atoms with Gasteiger partial charge in [-0.15, -0.1) is 0 Å². The quantitative estimate of drug-likeness (QED) is 0.865. The highest BCUT2D eigenvalue weighted by Crippen LogP contribution is 2.34. The monoisotopic (exact) mass is 277 g/mol. The van der Waals surface area contributed by atoms with Crippen LogP contribution in [0.3, 0.4) is 0 Å². The van der Waals surface area contributed by atoms with Crippen LogP contribution in [0, 0.1) is 12.3 Å². The van der Waals surface area contributed by atoms with Gasteiger partial charge in [0.05, 0.1) is 5.41 Å². The summed E-state index contributed by atoms with van der Waals surface area (Å²) in [5.41, 5.74) is 0.695. The van der Waals surface area contributed by atoms with Gasteiger partial charge in [-0.1, -0.05) is 0 Å². The third kappa shape index (κ3) is 2.55. The van der Waals surface area contributed by atoms with Crippen LogP contribution in [0.2, 0.25) is 0 Å². The number of hydrogen-bond acceptors (Lipinski definition) is 5. The number of nitrogens with zero attached hydrogens (tertiary/aromatic N) is 3. The van der Waals surface area contributed by atoms with E-state index in [0.29, 0.717) is 6.54 Å². The van der Waals surface area contributed by atoms with Crippen LogP contribution < -0.4 is 15.5 Å². The Morgan fingerprint density at radius 3 is 2.90 bits per heavy atom. The molecule has 0 bridgehead atoms. The van der Waals surface area contributed by atoms with Crippen molar-refractivity contribution in [2.45, 2.75) is 27.2 Å². The Kier molecular flexibility index (Phi) is 4.11. The van der Waals surface area contributed by atoms with E-state index in [0.717, 1.165) is 36.7 Å². The first-order valence-corrected chi connectivity index (χ1v) is 7.04. The second-order valence-electron chi connectivity index (χ2n) is 5.51. The number of rotatable bonds is 4. The molecule has 110 valence electrons. The summed E-state index contributed by atoms with van der Waals surface area (Å²) in [7, 11) is 1.69. The predicted octanol–water partition coefficient (Wildman–Crippen LogP) is 1.18. The second-order valence-corrected chi connectivity index (χ2v) is 5.51. The fourth-order valence-corrected chi connectivity index (χ4v) is 2.73. The minimum Gasteiger partial charge on any atom is -0.370 e. The van der Waals surface area contributed by atoms with Gasteiger partial charge in [-0.3, -0.25) is 4.79 Å². The molecule has 2 rings (SSSR count). The minimum absolute atomic E-state index is 0.0959. The van der Waals surface area contributed by atoms with Gasteiger partial charge < -0.3 is 15.5 Å². The highest BCUT2D eigenvalue weighted by molar-refractivity contribution is 5.83. The molecular weight excluding hydrogens is 254 g/mol. The zero-order valence-corrected chi connectivity index (χ0v) is 12.7. The van der Waals surface area contributed by atoms with Crippen molar-refractivity contribution in [1.82, 2.24) is 15.3 Å². The van der Waals surface area contributed by atoms with E-state index in [1.807, 2.05) is 20.8 Å². The predicted molar refractivity (Wildman–Crippen MR) is 79.9 cm³/mol. The van der Waals surface area contributed by atoms with Crippen LogP contribution in [0.15, 0.2) is 6.33 Å². The molecule has 0 radical (unpaired) electrons. The van der Waals surface area contributed by atoms with Crippen molar-refractivity contribution < 1.29 is 4.79 Å². The molecule has 1 unspecified atom stereocenters. The molecule has 1 fully saturated rings. The van der Waals surface area contributed by atoms with Crippen molar-refractivity contribution in [1.29, 1.82) is 0 Å². The Balaban J connectivity index is 2.22. The lowest BCUT2D eigenvalue weighted by molar-refractivity contribution is -0.128. The van der Waals surface area contributed by atoms with Gasteiger partial charge >= 0.3 is 0 Å². The maximum absolute atomic E-state index is 12.0. The molecule has 1 amide bonds. The van der Waals surface area contributed by atoms with Gasteiger partial charge in [0.1, 0.15) is 18.0 Å². The maximum atomic E-state index is 12.0. The molecule has 2 heterocycles. The molecule has 1 saturated heterocycles. The van der Waals surface area contributed by atoms with E-state index in [4.69, 9.17) is 0 Å². The average molecular weight is 277 g/mol. The highest BCUT2D eigenvalue weighted by Gasteiger charge is 2.40. The molecule has 2 N–H and O–H groups in total. The van der Waals surface area contributed by atoms with E-state index in [2.05, 4.69) is 25.5 Å². The summed E-state index contributed by atoms with van der Waals surface area (Å²) in [6, 6.07) is 0. The number of carbonyl (C=O) groups excluding carboxylic acids is 1. The summed E-state index contributed by atoms with van der Waals surface area (Å²) in [6.45, 7) is 8.42. The summed E-state index contributed by atoms with van der Waals surface area (Å²) in [4.78, 5) is 22.8. The van der Waals surface area contributed by atoms with Crippen LogP contribution in [0.1, 0.15) is 25.8 Å². The molecule has 0 aromatic carbocycles. The zero-order valence-electron chi connectivity index (χ0n) is 12.7. The van der Waals surface area contributed by atoms with Crippen LogP contribution in [0.25, 0.3) is 0 Å². The summed E-state index contributed by atoms with van der Waals surface area (Å²) < 4.78 is 0. The zero-order chi connectivity index (χ0) is 14.8. The van der Waals surface area contributed by atoms with Gasteiger partial charge in [-0.05, 0) is 27.2 Å². The average Bonchev–Trinajstić information content (AvgIpc) is 2.84. The van der Waals surface area contributed by atoms with Gasteiger partial charge in [0.25, 0.3) is 0 Å². The minimum atomic E-state index is -0.343. The number of hydrogen-bond donors (Lipinski definition) is 2. The third-order valence-corrected chi connectivity index (χ3v) is 3.95. The lowest BCUT2D eigenvalue weighted by Crippen LogP contribution is -2.39. The molecule has 6 nitrogen and oxygen atoms in total. The normalized spacial score (nSPS) is 21.9. The number of aromatic nitrogens is 2. The van der Waals surface area contributed by atoms with Crippen molar-refractivity contribution >= 4 is 17.5 Å². The number of carbonyl (C=O) groups is 1. The van der Waals surface area contributed by atoms with Crippen molar-refractivity contribution in [3.63, 3.8) is 0 Å². The summed E-state index contributed by atoms with van der Waals surface area (Å²) in [5, 5.41) is 5.99. The van der Waals surface area contributed by atoms with Crippen LogP contribution in [0.4, 0.5) is 11.6 Å². The van der Waals surface area contributed by atoms with E-state index in [9.17, 15) is 4.79 Å². The maximum Gasteiger partial charge on any atom is 0.227 e. The van der Waals surface area contributed by atoms with E-state index < -0.39 is 0 Å². The van der Waals surface area contributed by atoms with Gasteiger partial charge in [-0.25, -0.2) is 9.97 Å². The lowest BCUT2D eigenvalue weighted by atomic mass is 9.89. The smallest absolute Gasteiger partial charge is 0.227 e. The van der Waals surface area contributed by atoms with E-state index in [1.54, 1.807) is 13.4 Å². The fraction of sp³-hybridized carbons (Fsp3) is 0.643. The lowest BCUT2D eigenvalue weighted by Gasteiger charge is -2.24. The first kappa shape index (κ1) is 14.6. The molecule has 0 aliphatic carbocycles. The van der Waals surface area contributed by atoms with Gasteiger partial charge in [-0.2, -0.15) is 0 Å². The van der Waals surface area contributed by atoms with Gasteiger partial charge in [0.15, 0.2) is 0 Å². The van der Waals surface area contributed by atoms with E-state index in [-0.39, 0.29) is 11.3 Å². The molecule has 0 saturated carbocycles. The van der Waals surface area contributed by atoms with Crippen molar-refractivity contribution in [2.24, 2.45) is 5.41 Å².